The van der Waals surface area contributed by atoms with Gasteiger partial charge in [-0.25, -0.2) is 8.78 Å². The SMILES string of the molecule is O=Cc1cnc(C(F)F)c(Cl)c1CBr. The van der Waals surface area contributed by atoms with Gasteiger partial charge in [0, 0.05) is 17.1 Å². The van der Waals surface area contributed by atoms with E-state index >= 15 is 0 Å². The molecule has 2 nitrogen and oxygen atoms in total. The second kappa shape index (κ2) is 4.79. The van der Waals surface area contributed by atoms with E-state index in [0.29, 0.717) is 11.8 Å². The second-order valence-electron chi connectivity index (χ2n) is 2.44. The van der Waals surface area contributed by atoms with Crippen molar-refractivity contribution in [3.8, 4) is 0 Å². The van der Waals surface area contributed by atoms with Gasteiger partial charge in [-0.2, -0.15) is 0 Å². The van der Waals surface area contributed by atoms with Crippen LogP contribution < -0.4 is 0 Å². The highest BCUT2D eigenvalue weighted by Crippen LogP contribution is 2.30. The molecule has 0 bridgehead atoms. The minimum Gasteiger partial charge on any atom is -0.298 e. The normalized spacial score (nSPS) is 10.6. The summed E-state index contributed by atoms with van der Waals surface area (Å²) < 4.78 is 24.7. The zero-order valence-electron chi connectivity index (χ0n) is 6.81. The van der Waals surface area contributed by atoms with Crippen LogP contribution in [-0.2, 0) is 5.33 Å². The third-order valence-electron chi connectivity index (χ3n) is 1.65. The topological polar surface area (TPSA) is 30.0 Å². The van der Waals surface area contributed by atoms with Crippen LogP contribution in [0.25, 0.3) is 0 Å². The first kappa shape index (κ1) is 11.5. The monoisotopic (exact) mass is 283 g/mol. The van der Waals surface area contributed by atoms with Gasteiger partial charge < -0.3 is 0 Å². The van der Waals surface area contributed by atoms with Gasteiger partial charge in [0.25, 0.3) is 6.43 Å². The quantitative estimate of drug-likeness (QED) is 0.629. The summed E-state index contributed by atoms with van der Waals surface area (Å²) >= 11 is 8.72. The Bertz CT molecular complexity index is 359. The van der Waals surface area contributed by atoms with E-state index in [1.54, 1.807) is 0 Å². The average Bonchev–Trinajstić information content (AvgIpc) is 2.16. The number of hydrogen-bond donors (Lipinski definition) is 0. The molecule has 0 aliphatic heterocycles. The fraction of sp³-hybridized carbons (Fsp3) is 0.250. The van der Waals surface area contributed by atoms with Crippen LogP contribution in [0.1, 0.15) is 28.0 Å². The van der Waals surface area contributed by atoms with Gasteiger partial charge in [0.15, 0.2) is 6.29 Å². The second-order valence-corrected chi connectivity index (χ2v) is 3.38. The van der Waals surface area contributed by atoms with Crippen molar-refractivity contribution < 1.29 is 13.6 Å². The summed E-state index contributed by atoms with van der Waals surface area (Å²) in [5.41, 5.74) is 0.0648. The molecule has 0 aliphatic carbocycles. The summed E-state index contributed by atoms with van der Waals surface area (Å²) in [6.45, 7) is 0. The molecule has 0 spiro atoms. The Kier molecular flexibility index (Phi) is 3.95. The molecule has 1 heterocycles. The molecule has 0 aliphatic rings. The molecule has 0 saturated heterocycles. The van der Waals surface area contributed by atoms with Gasteiger partial charge in [-0.1, -0.05) is 27.5 Å². The molecule has 1 aromatic heterocycles. The van der Waals surface area contributed by atoms with Crippen LogP contribution in [0.15, 0.2) is 6.20 Å². The Hall–Kier alpha value is -0.550. The van der Waals surface area contributed by atoms with Crippen molar-refractivity contribution in [1.29, 1.82) is 0 Å². The molecular weight excluding hydrogens is 279 g/mol. The smallest absolute Gasteiger partial charge is 0.281 e. The van der Waals surface area contributed by atoms with E-state index in [1.165, 1.54) is 0 Å². The van der Waals surface area contributed by atoms with Crippen LogP contribution in [-0.4, -0.2) is 11.3 Å². The molecule has 1 rings (SSSR count). The van der Waals surface area contributed by atoms with Crippen molar-refractivity contribution in [1.82, 2.24) is 4.98 Å². The van der Waals surface area contributed by atoms with E-state index in [2.05, 4.69) is 20.9 Å². The van der Waals surface area contributed by atoms with E-state index in [-0.39, 0.29) is 15.9 Å². The van der Waals surface area contributed by atoms with E-state index < -0.39 is 12.1 Å². The number of aromatic nitrogens is 1. The van der Waals surface area contributed by atoms with Gasteiger partial charge in [0.1, 0.15) is 5.69 Å². The Morgan fingerprint density at radius 2 is 2.29 bits per heavy atom. The lowest BCUT2D eigenvalue weighted by molar-refractivity contribution is 0.112. The third-order valence-corrected chi connectivity index (χ3v) is 2.63. The number of carbonyl (C=O) groups is 1. The molecule has 0 unspecified atom stereocenters. The zero-order chi connectivity index (χ0) is 10.7. The predicted molar refractivity (Wildman–Crippen MR) is 52.2 cm³/mol. The number of halogens is 4. The van der Waals surface area contributed by atoms with E-state index in [4.69, 9.17) is 11.6 Å². The number of carbonyl (C=O) groups excluding carboxylic acids is 1. The van der Waals surface area contributed by atoms with Gasteiger partial charge in [-0.15, -0.1) is 0 Å². The van der Waals surface area contributed by atoms with Crippen molar-refractivity contribution in [3.05, 3.63) is 28.0 Å². The molecule has 1 aromatic rings. The molecule has 14 heavy (non-hydrogen) atoms. The number of aldehydes is 1. The first-order valence-corrected chi connectivity index (χ1v) is 5.08. The fourth-order valence-electron chi connectivity index (χ4n) is 0.945. The third kappa shape index (κ3) is 2.09. The van der Waals surface area contributed by atoms with Gasteiger partial charge in [-0.3, -0.25) is 9.78 Å². The van der Waals surface area contributed by atoms with Crippen LogP contribution >= 0.6 is 27.5 Å². The summed E-state index contributed by atoms with van der Waals surface area (Å²) in [7, 11) is 0. The minimum atomic E-state index is -2.74. The maximum Gasteiger partial charge on any atom is 0.281 e. The van der Waals surface area contributed by atoms with Crippen molar-refractivity contribution in [2.75, 3.05) is 0 Å². The molecular formula is C8H5BrClF2NO. The summed E-state index contributed by atoms with van der Waals surface area (Å²) in [6, 6.07) is 0. The Morgan fingerprint density at radius 3 is 2.71 bits per heavy atom. The lowest BCUT2D eigenvalue weighted by Crippen LogP contribution is -1.99. The first-order chi connectivity index (χ1) is 6.61. The molecule has 0 N–H and O–H groups in total. The standard InChI is InChI=1S/C8H5BrClF2NO/c9-1-5-4(3-14)2-13-7(6(5)10)8(11)12/h2-3,8H,1H2. The molecule has 0 amide bonds. The van der Waals surface area contributed by atoms with Crippen molar-refractivity contribution >= 4 is 33.8 Å². The largest absolute Gasteiger partial charge is 0.298 e. The van der Waals surface area contributed by atoms with Crippen LogP contribution in [0.5, 0.6) is 0 Å². The highest BCUT2D eigenvalue weighted by molar-refractivity contribution is 9.08. The van der Waals surface area contributed by atoms with Crippen molar-refractivity contribution in [2.45, 2.75) is 11.8 Å². The van der Waals surface area contributed by atoms with Crippen molar-refractivity contribution in [2.24, 2.45) is 0 Å². The van der Waals surface area contributed by atoms with Gasteiger partial charge in [-0.05, 0) is 5.56 Å². The van der Waals surface area contributed by atoms with Crippen molar-refractivity contribution in [3.63, 3.8) is 0 Å². The zero-order valence-corrected chi connectivity index (χ0v) is 9.15. The van der Waals surface area contributed by atoms with Gasteiger partial charge in [0.2, 0.25) is 0 Å². The Labute approximate surface area is 92.4 Å². The molecule has 0 aromatic carbocycles. The molecule has 6 heteroatoms. The van der Waals surface area contributed by atoms with E-state index in [0.717, 1.165) is 6.20 Å². The number of hydrogen-bond acceptors (Lipinski definition) is 2. The molecule has 0 fully saturated rings. The number of alkyl halides is 3. The van der Waals surface area contributed by atoms with Gasteiger partial charge >= 0.3 is 0 Å². The first-order valence-electron chi connectivity index (χ1n) is 3.58. The fourth-order valence-corrected chi connectivity index (χ4v) is 2.02. The van der Waals surface area contributed by atoms with E-state index in [9.17, 15) is 13.6 Å². The van der Waals surface area contributed by atoms with E-state index in [1.807, 2.05) is 0 Å². The lowest BCUT2D eigenvalue weighted by atomic mass is 10.1. The number of nitrogens with zero attached hydrogens (tertiary/aromatic N) is 1. The highest BCUT2D eigenvalue weighted by atomic mass is 79.9. The van der Waals surface area contributed by atoms with Crippen LogP contribution in [0.4, 0.5) is 8.78 Å². The highest BCUT2D eigenvalue weighted by Gasteiger charge is 2.18. The summed E-state index contributed by atoms with van der Waals surface area (Å²) in [4.78, 5) is 13.9. The molecule has 76 valence electrons. The maximum atomic E-state index is 12.3. The number of rotatable bonds is 3. The lowest BCUT2D eigenvalue weighted by Gasteiger charge is -2.07. The average molecular weight is 284 g/mol. The number of pyridine rings is 1. The Balaban J connectivity index is 3.34. The summed E-state index contributed by atoms with van der Waals surface area (Å²) in [6.07, 6.45) is -1.11. The van der Waals surface area contributed by atoms with Crippen LogP contribution in [0.3, 0.4) is 0 Å². The molecule has 0 atom stereocenters. The minimum absolute atomic E-state index is 0.151. The maximum absolute atomic E-state index is 12.3. The van der Waals surface area contributed by atoms with Crippen LogP contribution in [0, 0.1) is 0 Å². The predicted octanol–water partition coefficient (Wildman–Crippen LogP) is 3.38. The summed E-state index contributed by atoms with van der Waals surface area (Å²) in [5.74, 6) is 0. The molecule has 0 radical (unpaired) electrons. The van der Waals surface area contributed by atoms with Crippen LogP contribution in [0.2, 0.25) is 5.02 Å². The Morgan fingerprint density at radius 1 is 1.64 bits per heavy atom. The summed E-state index contributed by atoms with van der Waals surface area (Å²) in [5, 5.41) is 0.0868. The molecule has 0 saturated carbocycles. The van der Waals surface area contributed by atoms with Gasteiger partial charge in [0.05, 0.1) is 5.02 Å².